The first-order valence-electron chi connectivity index (χ1n) is 7.54. The first kappa shape index (κ1) is 17.2. The summed E-state index contributed by atoms with van der Waals surface area (Å²) in [6, 6.07) is 7.03. The fraction of sp³-hybridized carbons (Fsp3) is 0.529. The lowest BCUT2D eigenvalue weighted by Gasteiger charge is -2.18. The van der Waals surface area contributed by atoms with Gasteiger partial charge in [0.1, 0.15) is 0 Å². The zero-order valence-electron chi connectivity index (χ0n) is 13.5. The summed E-state index contributed by atoms with van der Waals surface area (Å²) in [7, 11) is 0. The largest absolute Gasteiger partial charge is 0.352 e. The molecule has 2 amide bonds. The molecule has 0 unspecified atom stereocenters. The minimum absolute atomic E-state index is 0.0667. The third kappa shape index (κ3) is 5.98. The van der Waals surface area contributed by atoms with Gasteiger partial charge in [0.05, 0.1) is 0 Å². The molecule has 0 saturated heterocycles. The summed E-state index contributed by atoms with van der Waals surface area (Å²) in [6.07, 6.45) is 3.23. The predicted octanol–water partition coefficient (Wildman–Crippen LogP) is 3.59. The van der Waals surface area contributed by atoms with Crippen LogP contribution in [-0.2, 0) is 4.79 Å². The van der Waals surface area contributed by atoms with Gasteiger partial charge in [0.25, 0.3) is 5.91 Å². The van der Waals surface area contributed by atoms with E-state index < -0.39 is 5.41 Å². The Kier molecular flexibility index (Phi) is 6.40. The molecule has 4 nitrogen and oxygen atoms in total. The number of anilines is 1. The minimum atomic E-state index is -0.460. The van der Waals surface area contributed by atoms with Gasteiger partial charge in [0, 0.05) is 23.2 Å². The molecule has 1 aromatic rings. The van der Waals surface area contributed by atoms with Crippen molar-refractivity contribution in [1.82, 2.24) is 5.32 Å². The van der Waals surface area contributed by atoms with E-state index in [0.717, 1.165) is 19.3 Å². The summed E-state index contributed by atoms with van der Waals surface area (Å²) >= 11 is 0. The number of hydrogen-bond donors (Lipinski definition) is 2. The van der Waals surface area contributed by atoms with Crippen molar-refractivity contribution in [2.45, 2.75) is 47.0 Å². The molecule has 0 atom stereocenters. The number of carbonyl (C=O) groups excluding carboxylic acids is 2. The van der Waals surface area contributed by atoms with Crippen molar-refractivity contribution in [3.63, 3.8) is 0 Å². The van der Waals surface area contributed by atoms with Crippen molar-refractivity contribution < 1.29 is 9.59 Å². The third-order valence-corrected chi connectivity index (χ3v) is 3.13. The molecule has 0 saturated carbocycles. The maximum atomic E-state index is 12.0. The van der Waals surface area contributed by atoms with Gasteiger partial charge < -0.3 is 10.6 Å². The van der Waals surface area contributed by atoms with Gasteiger partial charge in [-0.25, -0.2) is 0 Å². The van der Waals surface area contributed by atoms with E-state index in [9.17, 15) is 9.59 Å². The maximum absolute atomic E-state index is 12.0. The van der Waals surface area contributed by atoms with Gasteiger partial charge in [-0.05, 0) is 24.6 Å². The molecule has 0 aromatic heterocycles. The van der Waals surface area contributed by atoms with Crippen molar-refractivity contribution in [2.24, 2.45) is 5.41 Å². The van der Waals surface area contributed by atoms with E-state index in [1.54, 1.807) is 24.3 Å². The zero-order chi connectivity index (χ0) is 15.9. The monoisotopic (exact) mass is 290 g/mol. The van der Waals surface area contributed by atoms with Crippen LogP contribution in [0.2, 0.25) is 0 Å². The molecule has 116 valence electrons. The average molecular weight is 290 g/mol. The Hall–Kier alpha value is -1.84. The van der Waals surface area contributed by atoms with Crippen LogP contribution < -0.4 is 10.6 Å². The van der Waals surface area contributed by atoms with Crippen LogP contribution in [-0.4, -0.2) is 18.4 Å². The Morgan fingerprint density at radius 1 is 1.14 bits per heavy atom. The second-order valence-electron chi connectivity index (χ2n) is 6.25. The standard InChI is InChI=1S/C17H26N2O2/c1-5-6-7-11-18-15(20)13-9-8-10-14(12-13)19-16(21)17(2,3)4/h8-10,12H,5-7,11H2,1-4H3,(H,18,20)(H,19,21). The molecular weight excluding hydrogens is 264 g/mol. The highest BCUT2D eigenvalue weighted by Gasteiger charge is 2.21. The van der Waals surface area contributed by atoms with Gasteiger partial charge >= 0.3 is 0 Å². The van der Waals surface area contributed by atoms with Gasteiger partial charge in [-0.3, -0.25) is 9.59 Å². The molecule has 0 bridgehead atoms. The molecule has 1 aromatic carbocycles. The van der Waals surface area contributed by atoms with Crippen LogP contribution in [0.1, 0.15) is 57.3 Å². The molecule has 0 radical (unpaired) electrons. The highest BCUT2D eigenvalue weighted by Crippen LogP contribution is 2.18. The fourth-order valence-electron chi connectivity index (χ4n) is 1.74. The highest BCUT2D eigenvalue weighted by molar-refractivity contribution is 5.98. The van der Waals surface area contributed by atoms with Gasteiger partial charge in [-0.2, -0.15) is 0 Å². The normalized spacial score (nSPS) is 11.0. The van der Waals surface area contributed by atoms with Crippen molar-refractivity contribution in [2.75, 3.05) is 11.9 Å². The van der Waals surface area contributed by atoms with Crippen molar-refractivity contribution in [1.29, 1.82) is 0 Å². The lowest BCUT2D eigenvalue weighted by Crippen LogP contribution is -2.28. The molecule has 0 aliphatic rings. The number of unbranched alkanes of at least 4 members (excludes halogenated alkanes) is 2. The molecular formula is C17H26N2O2. The number of nitrogens with one attached hydrogen (secondary N) is 2. The lowest BCUT2D eigenvalue weighted by molar-refractivity contribution is -0.123. The van der Waals surface area contributed by atoms with Crippen molar-refractivity contribution >= 4 is 17.5 Å². The van der Waals surface area contributed by atoms with Gasteiger partial charge in [0.2, 0.25) is 5.91 Å². The third-order valence-electron chi connectivity index (χ3n) is 3.13. The second-order valence-corrected chi connectivity index (χ2v) is 6.25. The molecule has 4 heteroatoms. The fourth-order valence-corrected chi connectivity index (χ4v) is 1.74. The average Bonchev–Trinajstić information content (AvgIpc) is 2.42. The van der Waals surface area contributed by atoms with E-state index in [4.69, 9.17) is 0 Å². The van der Waals surface area contributed by atoms with Gasteiger partial charge in [-0.1, -0.05) is 46.6 Å². The van der Waals surface area contributed by atoms with Crippen LogP contribution in [0.3, 0.4) is 0 Å². The Balaban J connectivity index is 2.63. The van der Waals surface area contributed by atoms with E-state index in [-0.39, 0.29) is 11.8 Å². The Morgan fingerprint density at radius 3 is 2.48 bits per heavy atom. The maximum Gasteiger partial charge on any atom is 0.251 e. The summed E-state index contributed by atoms with van der Waals surface area (Å²) in [5, 5.41) is 5.73. The summed E-state index contributed by atoms with van der Waals surface area (Å²) < 4.78 is 0. The molecule has 1 rings (SSSR count). The molecule has 0 aliphatic carbocycles. The van der Waals surface area contributed by atoms with E-state index in [1.807, 2.05) is 20.8 Å². The topological polar surface area (TPSA) is 58.2 Å². The van der Waals surface area contributed by atoms with Crippen LogP contribution in [0, 0.1) is 5.41 Å². The highest BCUT2D eigenvalue weighted by atomic mass is 16.2. The Bertz CT molecular complexity index is 490. The summed E-state index contributed by atoms with van der Waals surface area (Å²) in [4.78, 5) is 24.0. The molecule has 0 heterocycles. The number of benzene rings is 1. The predicted molar refractivity (Wildman–Crippen MR) is 86.4 cm³/mol. The quantitative estimate of drug-likeness (QED) is 0.787. The van der Waals surface area contributed by atoms with Crippen LogP contribution in [0.15, 0.2) is 24.3 Å². The van der Waals surface area contributed by atoms with E-state index >= 15 is 0 Å². The summed E-state index contributed by atoms with van der Waals surface area (Å²) in [5.74, 6) is -0.166. The number of hydrogen-bond acceptors (Lipinski definition) is 2. The number of amides is 2. The molecule has 0 spiro atoms. The molecule has 21 heavy (non-hydrogen) atoms. The second kappa shape index (κ2) is 7.81. The first-order chi connectivity index (χ1) is 9.84. The van der Waals surface area contributed by atoms with Crippen LogP contribution in [0.4, 0.5) is 5.69 Å². The number of rotatable bonds is 6. The molecule has 2 N–H and O–H groups in total. The smallest absolute Gasteiger partial charge is 0.251 e. The Morgan fingerprint density at radius 2 is 1.86 bits per heavy atom. The van der Waals surface area contributed by atoms with Crippen molar-refractivity contribution in [3.8, 4) is 0 Å². The van der Waals surface area contributed by atoms with Crippen LogP contribution >= 0.6 is 0 Å². The minimum Gasteiger partial charge on any atom is -0.352 e. The van der Waals surface area contributed by atoms with E-state index in [1.165, 1.54) is 0 Å². The SMILES string of the molecule is CCCCCNC(=O)c1cccc(NC(=O)C(C)(C)C)c1. The zero-order valence-corrected chi connectivity index (χ0v) is 13.5. The summed E-state index contributed by atoms with van der Waals surface area (Å²) in [6.45, 7) is 8.38. The lowest BCUT2D eigenvalue weighted by atomic mass is 9.95. The molecule has 0 aliphatic heterocycles. The first-order valence-corrected chi connectivity index (χ1v) is 7.54. The van der Waals surface area contributed by atoms with E-state index in [2.05, 4.69) is 17.6 Å². The Labute approximate surface area is 127 Å². The molecule has 0 fully saturated rings. The van der Waals surface area contributed by atoms with Crippen LogP contribution in [0.25, 0.3) is 0 Å². The van der Waals surface area contributed by atoms with Crippen LogP contribution in [0.5, 0.6) is 0 Å². The summed E-state index contributed by atoms with van der Waals surface area (Å²) in [5.41, 5.74) is 0.757. The number of carbonyl (C=O) groups is 2. The van der Waals surface area contributed by atoms with Gasteiger partial charge in [0.15, 0.2) is 0 Å². The van der Waals surface area contributed by atoms with E-state index in [0.29, 0.717) is 17.8 Å². The van der Waals surface area contributed by atoms with Gasteiger partial charge in [-0.15, -0.1) is 0 Å². The van der Waals surface area contributed by atoms with Crippen molar-refractivity contribution in [3.05, 3.63) is 29.8 Å².